The molecule has 0 radical (unpaired) electrons. The summed E-state index contributed by atoms with van der Waals surface area (Å²) >= 11 is 0. The van der Waals surface area contributed by atoms with Crippen molar-refractivity contribution in [3.63, 3.8) is 0 Å². The minimum absolute atomic E-state index is 0. The summed E-state index contributed by atoms with van der Waals surface area (Å²) in [4.78, 5) is 7.75. The summed E-state index contributed by atoms with van der Waals surface area (Å²) in [7, 11) is 0. The molecule has 0 unspecified atom stereocenters. The topological polar surface area (TPSA) is 17.1 Å². The number of hydrogen-bond acceptors (Lipinski definition) is 1. The van der Waals surface area contributed by atoms with Crippen LogP contribution >= 0.6 is 0 Å². The SMILES string of the molecule is [CH-]=O.[Mo+2].c1cc[cH-]c1. The standard InChI is InChI=1S/C5H5.CHO.Mo/c1-2-4-5-3-1;1-2;/h1-5H;1H;/q2*-1;+2. The van der Waals surface area contributed by atoms with Crippen LogP contribution in [0, 0.1) is 0 Å². The van der Waals surface area contributed by atoms with Crippen LogP contribution < -0.4 is 0 Å². The fourth-order valence-electron chi connectivity index (χ4n) is 0.321. The second-order valence-electron chi connectivity index (χ2n) is 0.962. The fraction of sp³-hybridized carbons (Fsp3) is 0. The van der Waals surface area contributed by atoms with Crippen LogP contribution in [0.5, 0.6) is 0 Å². The Kier molecular flexibility index (Phi) is 13.1. The van der Waals surface area contributed by atoms with E-state index in [4.69, 9.17) is 4.79 Å². The number of hydrogen-bond donors (Lipinski definition) is 0. The smallest absolute Gasteiger partial charge is 0.545 e. The van der Waals surface area contributed by atoms with Gasteiger partial charge in [-0.05, 0) is 0 Å². The Labute approximate surface area is 63.3 Å². The molecular weight excluding hydrogens is 184 g/mol. The molecule has 0 N–H and O–H groups in total. The molecule has 0 fully saturated rings. The Bertz CT molecular complexity index is 75.4. The van der Waals surface area contributed by atoms with E-state index in [1.165, 1.54) is 0 Å². The first-order valence-corrected chi connectivity index (χ1v) is 1.90. The first-order valence-electron chi connectivity index (χ1n) is 1.90. The molecule has 0 spiro atoms. The summed E-state index contributed by atoms with van der Waals surface area (Å²) in [6.45, 7) is 3.25. The Hall–Kier alpha value is -0.292. The largest absolute Gasteiger partial charge is 2.00 e. The maximum Gasteiger partial charge on any atom is 2.00 e. The summed E-state index contributed by atoms with van der Waals surface area (Å²) < 4.78 is 0. The number of rotatable bonds is 0. The third-order valence-corrected chi connectivity index (χ3v) is 0.556. The molecule has 2 heteroatoms. The van der Waals surface area contributed by atoms with Crippen LogP contribution in [0.25, 0.3) is 0 Å². The van der Waals surface area contributed by atoms with Crippen LogP contribution in [0.15, 0.2) is 30.3 Å². The van der Waals surface area contributed by atoms with Gasteiger partial charge in [-0.25, -0.2) is 12.1 Å². The van der Waals surface area contributed by atoms with Crippen LogP contribution in [-0.2, 0) is 25.9 Å². The predicted molar refractivity (Wildman–Crippen MR) is 28.8 cm³/mol. The molecule has 0 aliphatic rings. The van der Waals surface area contributed by atoms with Crippen molar-refractivity contribution in [2.45, 2.75) is 0 Å². The minimum Gasteiger partial charge on any atom is -0.545 e. The van der Waals surface area contributed by atoms with Gasteiger partial charge in [-0.2, -0.15) is 18.2 Å². The maximum absolute atomic E-state index is 7.75. The van der Waals surface area contributed by atoms with Gasteiger partial charge in [0.25, 0.3) is 0 Å². The Morgan fingerprint density at radius 3 is 1.62 bits per heavy atom. The maximum atomic E-state index is 7.75. The molecule has 1 nitrogen and oxygen atoms in total. The average molecular weight is 190 g/mol. The first kappa shape index (κ1) is 10.6. The third kappa shape index (κ3) is 5.71. The van der Waals surface area contributed by atoms with E-state index in [-0.39, 0.29) is 21.1 Å². The quantitative estimate of drug-likeness (QED) is 0.340. The van der Waals surface area contributed by atoms with E-state index in [9.17, 15) is 0 Å². The second-order valence-corrected chi connectivity index (χ2v) is 0.962. The van der Waals surface area contributed by atoms with E-state index >= 15 is 0 Å². The van der Waals surface area contributed by atoms with Gasteiger partial charge in [-0.1, -0.05) is 0 Å². The van der Waals surface area contributed by atoms with Gasteiger partial charge < -0.3 is 4.79 Å². The molecule has 1 rings (SSSR count). The van der Waals surface area contributed by atoms with Crippen molar-refractivity contribution in [3.8, 4) is 0 Å². The molecule has 0 saturated carbocycles. The molecule has 0 amide bonds. The van der Waals surface area contributed by atoms with Gasteiger partial charge in [0.1, 0.15) is 0 Å². The molecular formula is C6H6MoO. The van der Waals surface area contributed by atoms with Gasteiger partial charge in [0.2, 0.25) is 0 Å². The molecule has 0 aliphatic heterocycles. The summed E-state index contributed by atoms with van der Waals surface area (Å²) in [5.74, 6) is 0. The van der Waals surface area contributed by atoms with E-state index in [2.05, 4.69) is 6.79 Å². The zero-order valence-electron chi connectivity index (χ0n) is 4.28. The zero-order chi connectivity index (χ0) is 5.54. The first-order chi connectivity index (χ1) is 3.50. The van der Waals surface area contributed by atoms with Crippen LogP contribution in [0.3, 0.4) is 0 Å². The van der Waals surface area contributed by atoms with Crippen LogP contribution in [0.1, 0.15) is 0 Å². The van der Waals surface area contributed by atoms with E-state index in [0.717, 1.165) is 0 Å². The van der Waals surface area contributed by atoms with Crippen molar-refractivity contribution in [3.05, 3.63) is 30.3 Å². The third-order valence-electron chi connectivity index (χ3n) is 0.556. The van der Waals surface area contributed by atoms with Gasteiger partial charge in [0.15, 0.2) is 0 Å². The van der Waals surface area contributed by atoms with E-state index in [1.54, 1.807) is 0 Å². The molecule has 42 valence electrons. The van der Waals surface area contributed by atoms with Gasteiger partial charge in [0, 0.05) is 0 Å². The summed E-state index contributed by atoms with van der Waals surface area (Å²) in [5.41, 5.74) is 0. The number of carbonyl (C=O) groups excluding carboxylic acids is 1. The second kappa shape index (κ2) is 9.86. The van der Waals surface area contributed by atoms with Crippen molar-refractivity contribution >= 4 is 6.79 Å². The fourth-order valence-corrected chi connectivity index (χ4v) is 0.321. The summed E-state index contributed by atoms with van der Waals surface area (Å²) in [6, 6.07) is 10.0. The van der Waals surface area contributed by atoms with Crippen LogP contribution in [0.2, 0.25) is 0 Å². The minimum atomic E-state index is 0. The Morgan fingerprint density at radius 1 is 1.12 bits per heavy atom. The molecule has 8 heavy (non-hydrogen) atoms. The van der Waals surface area contributed by atoms with Crippen LogP contribution in [-0.4, -0.2) is 6.79 Å². The van der Waals surface area contributed by atoms with E-state index in [0.29, 0.717) is 0 Å². The predicted octanol–water partition coefficient (Wildman–Crippen LogP) is 1.13. The Balaban J connectivity index is 0. The molecule has 1 aromatic carbocycles. The molecule has 0 aliphatic carbocycles. The molecule has 0 bridgehead atoms. The van der Waals surface area contributed by atoms with E-state index < -0.39 is 0 Å². The van der Waals surface area contributed by atoms with Gasteiger partial charge in [-0.15, -0.1) is 0 Å². The van der Waals surface area contributed by atoms with Crippen molar-refractivity contribution in [2.75, 3.05) is 0 Å². The molecule has 0 aromatic heterocycles. The molecule has 0 heterocycles. The molecule has 0 atom stereocenters. The van der Waals surface area contributed by atoms with Crippen molar-refractivity contribution < 1.29 is 25.9 Å². The van der Waals surface area contributed by atoms with Crippen LogP contribution in [0.4, 0.5) is 0 Å². The van der Waals surface area contributed by atoms with E-state index in [1.807, 2.05) is 30.3 Å². The van der Waals surface area contributed by atoms with Gasteiger partial charge in [0.05, 0.1) is 0 Å². The van der Waals surface area contributed by atoms with Crippen molar-refractivity contribution in [1.29, 1.82) is 0 Å². The van der Waals surface area contributed by atoms with Gasteiger partial charge in [-0.3, -0.25) is 6.79 Å². The monoisotopic (exact) mass is 192 g/mol. The normalized spacial score (nSPS) is 5.50. The molecule has 1 aromatic rings. The van der Waals surface area contributed by atoms with Gasteiger partial charge >= 0.3 is 21.1 Å². The summed E-state index contributed by atoms with van der Waals surface area (Å²) in [6.07, 6.45) is 0. The average Bonchev–Trinajstić information content (AvgIpc) is 2.23. The zero-order valence-corrected chi connectivity index (χ0v) is 6.29. The Morgan fingerprint density at radius 2 is 1.50 bits per heavy atom. The van der Waals surface area contributed by atoms with Crippen molar-refractivity contribution in [2.24, 2.45) is 0 Å². The summed E-state index contributed by atoms with van der Waals surface area (Å²) in [5, 5.41) is 0. The van der Waals surface area contributed by atoms with Crippen molar-refractivity contribution in [1.82, 2.24) is 0 Å². The molecule has 0 saturated heterocycles.